The van der Waals surface area contributed by atoms with E-state index in [1.807, 2.05) is 18.2 Å². The summed E-state index contributed by atoms with van der Waals surface area (Å²) < 4.78 is 22.0. The van der Waals surface area contributed by atoms with E-state index in [2.05, 4.69) is 26.1 Å². The molecule has 1 atom stereocenters. The van der Waals surface area contributed by atoms with Gasteiger partial charge >= 0.3 is 0 Å². The molecule has 0 saturated carbocycles. The molecule has 5 nitrogen and oxygen atoms in total. The molecule has 0 bridgehead atoms. The molecule has 0 heterocycles. The minimum atomic E-state index is -0.400. The first kappa shape index (κ1) is 18.7. The molecule has 0 saturated heterocycles. The lowest BCUT2D eigenvalue weighted by Crippen LogP contribution is -2.36. The molecule has 22 heavy (non-hydrogen) atoms. The van der Waals surface area contributed by atoms with Crippen LogP contribution in [-0.4, -0.2) is 33.8 Å². The Hall–Kier alpha value is -1.30. The van der Waals surface area contributed by atoms with Crippen molar-refractivity contribution in [2.24, 2.45) is 0 Å². The zero-order valence-corrected chi connectivity index (χ0v) is 14.3. The molecular formula is C17H29NO4. The number of hydrogen-bond acceptors (Lipinski definition) is 5. The average molecular weight is 311 g/mol. The van der Waals surface area contributed by atoms with Gasteiger partial charge < -0.3 is 18.9 Å². The SMILES string of the molecule is CCCOC(N[C@@H](C)c1ccc(OC)c(OC)c1)OCCC. The molecule has 0 spiro atoms. The highest BCUT2D eigenvalue weighted by Gasteiger charge is 2.15. The number of rotatable bonds is 11. The summed E-state index contributed by atoms with van der Waals surface area (Å²) >= 11 is 0. The molecule has 1 aromatic carbocycles. The Bertz CT molecular complexity index is 417. The lowest BCUT2D eigenvalue weighted by atomic mass is 10.1. The molecule has 5 heteroatoms. The monoisotopic (exact) mass is 311 g/mol. The Morgan fingerprint density at radius 3 is 2.05 bits per heavy atom. The smallest absolute Gasteiger partial charge is 0.216 e. The highest BCUT2D eigenvalue weighted by molar-refractivity contribution is 5.43. The number of benzene rings is 1. The van der Waals surface area contributed by atoms with Crippen LogP contribution in [0.25, 0.3) is 0 Å². The van der Waals surface area contributed by atoms with Crippen LogP contribution < -0.4 is 14.8 Å². The van der Waals surface area contributed by atoms with Crippen molar-refractivity contribution in [1.29, 1.82) is 0 Å². The molecule has 0 unspecified atom stereocenters. The van der Waals surface area contributed by atoms with Crippen molar-refractivity contribution in [3.63, 3.8) is 0 Å². The summed E-state index contributed by atoms with van der Waals surface area (Å²) in [6, 6.07) is 5.95. The highest BCUT2D eigenvalue weighted by Crippen LogP contribution is 2.30. The maximum atomic E-state index is 5.70. The summed E-state index contributed by atoms with van der Waals surface area (Å²) in [5.74, 6) is 1.44. The minimum absolute atomic E-state index is 0.0681. The number of nitrogens with one attached hydrogen (secondary N) is 1. The second-order valence-electron chi connectivity index (χ2n) is 5.08. The molecule has 0 radical (unpaired) electrons. The largest absolute Gasteiger partial charge is 0.493 e. The Balaban J connectivity index is 2.73. The van der Waals surface area contributed by atoms with Crippen molar-refractivity contribution < 1.29 is 18.9 Å². The third kappa shape index (κ3) is 5.83. The van der Waals surface area contributed by atoms with Crippen LogP contribution in [0.5, 0.6) is 11.5 Å². The second-order valence-corrected chi connectivity index (χ2v) is 5.08. The Morgan fingerprint density at radius 2 is 1.55 bits per heavy atom. The van der Waals surface area contributed by atoms with E-state index in [9.17, 15) is 0 Å². The van der Waals surface area contributed by atoms with Crippen LogP contribution in [0.2, 0.25) is 0 Å². The maximum absolute atomic E-state index is 5.70. The second kappa shape index (κ2) is 10.4. The molecule has 126 valence electrons. The Morgan fingerprint density at radius 1 is 0.955 bits per heavy atom. The van der Waals surface area contributed by atoms with Crippen molar-refractivity contribution >= 4 is 0 Å². The quantitative estimate of drug-likeness (QED) is 0.634. The van der Waals surface area contributed by atoms with Gasteiger partial charge in [-0.3, -0.25) is 5.32 Å². The van der Waals surface area contributed by atoms with Crippen LogP contribution in [0, 0.1) is 0 Å². The molecule has 0 aromatic heterocycles. The van der Waals surface area contributed by atoms with Crippen molar-refractivity contribution in [3.8, 4) is 11.5 Å². The maximum Gasteiger partial charge on any atom is 0.216 e. The predicted octanol–water partition coefficient (Wildman–Crippen LogP) is 3.49. The van der Waals surface area contributed by atoms with E-state index in [-0.39, 0.29) is 6.04 Å². The molecule has 0 aliphatic heterocycles. The van der Waals surface area contributed by atoms with Crippen LogP contribution >= 0.6 is 0 Å². The number of ether oxygens (including phenoxy) is 4. The Labute approximate surface area is 133 Å². The van der Waals surface area contributed by atoms with Crippen LogP contribution in [-0.2, 0) is 9.47 Å². The van der Waals surface area contributed by atoms with Gasteiger partial charge in [0.1, 0.15) is 0 Å². The molecular weight excluding hydrogens is 282 g/mol. The Kier molecular flexibility index (Phi) is 8.89. The lowest BCUT2D eigenvalue weighted by molar-refractivity contribution is -0.165. The van der Waals surface area contributed by atoms with E-state index in [4.69, 9.17) is 18.9 Å². The summed E-state index contributed by atoms with van der Waals surface area (Å²) in [5, 5.41) is 3.35. The van der Waals surface area contributed by atoms with Gasteiger partial charge in [-0.05, 0) is 37.5 Å². The minimum Gasteiger partial charge on any atom is -0.493 e. The zero-order chi connectivity index (χ0) is 16.4. The summed E-state index contributed by atoms with van der Waals surface area (Å²) in [5.41, 5.74) is 1.09. The summed E-state index contributed by atoms with van der Waals surface area (Å²) in [6.07, 6.45) is 1.51. The van der Waals surface area contributed by atoms with Crippen LogP contribution in [0.3, 0.4) is 0 Å². The van der Waals surface area contributed by atoms with Crippen LogP contribution in [0.15, 0.2) is 18.2 Å². The standard InChI is InChI=1S/C17H29NO4/c1-6-10-21-17(22-11-7-2)18-13(3)14-8-9-15(19-4)16(12-14)20-5/h8-9,12-13,17-18H,6-7,10-11H2,1-5H3/t13-/m0/s1. The van der Waals surface area contributed by atoms with Gasteiger partial charge in [-0.1, -0.05) is 19.9 Å². The molecule has 1 N–H and O–H groups in total. The summed E-state index contributed by atoms with van der Waals surface area (Å²) in [4.78, 5) is 0. The van der Waals surface area contributed by atoms with Gasteiger partial charge in [0.2, 0.25) is 6.41 Å². The first-order chi connectivity index (χ1) is 10.7. The van der Waals surface area contributed by atoms with E-state index >= 15 is 0 Å². The van der Waals surface area contributed by atoms with Crippen LogP contribution in [0.1, 0.15) is 45.2 Å². The average Bonchev–Trinajstić information content (AvgIpc) is 2.56. The van der Waals surface area contributed by atoms with Crippen molar-refractivity contribution in [1.82, 2.24) is 5.32 Å². The molecule has 1 rings (SSSR count). The van der Waals surface area contributed by atoms with E-state index < -0.39 is 6.41 Å². The van der Waals surface area contributed by atoms with Crippen LogP contribution in [0.4, 0.5) is 0 Å². The highest BCUT2D eigenvalue weighted by atomic mass is 16.7. The third-order valence-electron chi connectivity index (χ3n) is 3.24. The fourth-order valence-electron chi connectivity index (χ4n) is 2.02. The first-order valence-electron chi connectivity index (χ1n) is 7.87. The lowest BCUT2D eigenvalue weighted by Gasteiger charge is -2.24. The summed E-state index contributed by atoms with van der Waals surface area (Å²) in [7, 11) is 3.27. The topological polar surface area (TPSA) is 49.0 Å². The van der Waals surface area contributed by atoms with E-state index in [1.165, 1.54) is 0 Å². The normalized spacial score (nSPS) is 12.5. The number of methoxy groups -OCH3 is 2. The van der Waals surface area contributed by atoms with Gasteiger partial charge in [0.05, 0.1) is 27.4 Å². The third-order valence-corrected chi connectivity index (χ3v) is 3.24. The fraction of sp³-hybridized carbons (Fsp3) is 0.647. The first-order valence-corrected chi connectivity index (χ1v) is 7.87. The predicted molar refractivity (Wildman–Crippen MR) is 87.4 cm³/mol. The summed E-state index contributed by atoms with van der Waals surface area (Å²) in [6.45, 7) is 7.56. The molecule has 1 aromatic rings. The van der Waals surface area contributed by atoms with Gasteiger partial charge in [-0.2, -0.15) is 0 Å². The van der Waals surface area contributed by atoms with Gasteiger partial charge in [0.25, 0.3) is 0 Å². The molecule has 0 aliphatic carbocycles. The molecule has 0 amide bonds. The van der Waals surface area contributed by atoms with Gasteiger partial charge in [0.15, 0.2) is 11.5 Å². The zero-order valence-electron chi connectivity index (χ0n) is 14.3. The van der Waals surface area contributed by atoms with Gasteiger partial charge in [-0.15, -0.1) is 0 Å². The van der Waals surface area contributed by atoms with Crippen molar-refractivity contribution in [2.45, 2.75) is 46.1 Å². The van der Waals surface area contributed by atoms with Crippen molar-refractivity contribution in [2.75, 3.05) is 27.4 Å². The number of hydrogen-bond donors (Lipinski definition) is 1. The van der Waals surface area contributed by atoms with Gasteiger partial charge in [-0.25, -0.2) is 0 Å². The van der Waals surface area contributed by atoms with Gasteiger partial charge in [0, 0.05) is 6.04 Å². The van der Waals surface area contributed by atoms with E-state index in [0.29, 0.717) is 19.0 Å². The fourth-order valence-corrected chi connectivity index (χ4v) is 2.02. The molecule has 0 aliphatic rings. The van der Waals surface area contributed by atoms with E-state index in [0.717, 1.165) is 24.2 Å². The molecule has 0 fully saturated rings. The van der Waals surface area contributed by atoms with Crippen molar-refractivity contribution in [3.05, 3.63) is 23.8 Å². The van der Waals surface area contributed by atoms with E-state index in [1.54, 1.807) is 14.2 Å².